The molecule has 9 heteroatoms. The number of nitrogens with zero attached hydrogens (tertiary/aromatic N) is 3. The lowest BCUT2D eigenvalue weighted by molar-refractivity contribution is -0.619. The number of hydrogen-bond donors (Lipinski definition) is 1. The molecule has 0 aromatic rings. The van der Waals surface area contributed by atoms with Crippen molar-refractivity contribution in [2.24, 2.45) is 5.73 Å². The van der Waals surface area contributed by atoms with E-state index in [4.69, 9.17) is 5.73 Å². The number of likely N-dealkylation sites (tertiary alicyclic amines) is 1. The maximum Gasteiger partial charge on any atom is 0.260 e. The number of fused-ring (bicyclic) bond motifs is 2. The first-order chi connectivity index (χ1) is 9.24. The summed E-state index contributed by atoms with van der Waals surface area (Å²) in [6.07, 6.45) is 0.869. The quantitative estimate of drug-likeness (QED) is 0.549. The number of hydrogen-bond acceptors (Lipinski definition) is 6. The Bertz CT molecular complexity index is 519. The first-order valence-corrected chi connectivity index (χ1v) is 6.27. The molecule has 0 aromatic carbocycles. The fourth-order valence-electron chi connectivity index (χ4n) is 3.23. The van der Waals surface area contributed by atoms with E-state index in [1.807, 2.05) is 0 Å². The molecule has 0 spiro atoms. The SMILES string of the molecule is CCN1CC2([N+](=O)[O-])C=C(C(N)=O)CC([N+](=O)[O-])(C1)C2. The Labute approximate surface area is 114 Å². The molecule has 0 radical (unpaired) electrons. The number of nitro groups is 2. The second kappa shape index (κ2) is 4.51. The molecule has 20 heavy (non-hydrogen) atoms. The van der Waals surface area contributed by atoms with Gasteiger partial charge in [-0.1, -0.05) is 6.92 Å². The Morgan fingerprint density at radius 3 is 2.50 bits per heavy atom. The number of piperidine rings is 1. The average Bonchev–Trinajstić information content (AvgIpc) is 2.36. The van der Waals surface area contributed by atoms with Crippen molar-refractivity contribution in [2.75, 3.05) is 19.6 Å². The fraction of sp³-hybridized carbons (Fsp3) is 0.727. The molecule has 9 nitrogen and oxygen atoms in total. The van der Waals surface area contributed by atoms with Gasteiger partial charge in [-0.25, -0.2) is 0 Å². The smallest absolute Gasteiger partial charge is 0.260 e. The summed E-state index contributed by atoms with van der Waals surface area (Å²) in [6, 6.07) is 0. The lowest BCUT2D eigenvalue weighted by Crippen LogP contribution is -2.66. The molecule has 2 N–H and O–H groups in total. The normalized spacial score (nSPS) is 33.4. The van der Waals surface area contributed by atoms with E-state index in [0.717, 1.165) is 0 Å². The van der Waals surface area contributed by atoms with E-state index in [0.29, 0.717) is 6.54 Å². The van der Waals surface area contributed by atoms with E-state index >= 15 is 0 Å². The summed E-state index contributed by atoms with van der Waals surface area (Å²) in [5.41, 5.74) is 2.06. The molecule has 0 aromatic heterocycles. The second-order valence-electron chi connectivity index (χ2n) is 5.53. The van der Waals surface area contributed by atoms with Gasteiger partial charge >= 0.3 is 0 Å². The summed E-state index contributed by atoms with van der Waals surface area (Å²) < 4.78 is 0. The Morgan fingerprint density at radius 2 is 2.05 bits per heavy atom. The topological polar surface area (TPSA) is 133 Å². The molecule has 1 aliphatic heterocycles. The highest BCUT2D eigenvalue weighted by Gasteiger charge is 2.64. The molecular weight excluding hydrogens is 268 g/mol. The zero-order valence-corrected chi connectivity index (χ0v) is 11.1. The molecule has 0 saturated carbocycles. The third-order valence-corrected chi connectivity index (χ3v) is 4.13. The van der Waals surface area contributed by atoms with Gasteiger partial charge in [0.1, 0.15) is 0 Å². The summed E-state index contributed by atoms with van der Waals surface area (Å²) in [5.74, 6) is -0.827. The minimum Gasteiger partial charge on any atom is -0.366 e. The molecule has 2 unspecified atom stereocenters. The number of carbonyl (C=O) groups excluding carboxylic acids is 1. The van der Waals surface area contributed by atoms with Crippen LogP contribution in [0.3, 0.4) is 0 Å². The predicted octanol–water partition coefficient (Wildman–Crippen LogP) is -0.442. The molecule has 2 aliphatic rings. The van der Waals surface area contributed by atoms with Gasteiger partial charge in [0.05, 0.1) is 25.9 Å². The van der Waals surface area contributed by atoms with Crippen molar-refractivity contribution in [3.63, 3.8) is 0 Å². The number of carbonyl (C=O) groups is 1. The highest BCUT2D eigenvalue weighted by atomic mass is 16.6. The van der Waals surface area contributed by atoms with E-state index in [9.17, 15) is 25.0 Å². The Morgan fingerprint density at radius 1 is 1.40 bits per heavy atom. The van der Waals surface area contributed by atoms with E-state index in [1.165, 1.54) is 6.08 Å². The zero-order valence-electron chi connectivity index (χ0n) is 11.1. The third kappa shape index (κ3) is 2.03. The van der Waals surface area contributed by atoms with Crippen molar-refractivity contribution in [1.82, 2.24) is 4.90 Å². The molecule has 2 rings (SSSR count). The molecule has 1 fully saturated rings. The molecule has 1 heterocycles. The van der Waals surface area contributed by atoms with Crippen LogP contribution < -0.4 is 5.73 Å². The molecule has 1 saturated heterocycles. The maximum atomic E-state index is 11.5. The molecule has 2 atom stereocenters. The molecular formula is C11H16N4O5. The number of primary amides is 1. The summed E-state index contributed by atoms with van der Waals surface area (Å²) in [7, 11) is 0. The first-order valence-electron chi connectivity index (χ1n) is 6.27. The molecule has 1 amide bonds. The summed E-state index contributed by atoms with van der Waals surface area (Å²) in [6.45, 7) is 2.42. The lowest BCUT2D eigenvalue weighted by atomic mass is 9.69. The minimum absolute atomic E-state index is 0.0135. The predicted molar refractivity (Wildman–Crippen MR) is 68.1 cm³/mol. The highest BCUT2D eigenvalue weighted by molar-refractivity contribution is 5.92. The van der Waals surface area contributed by atoms with Gasteiger partial charge < -0.3 is 5.73 Å². The van der Waals surface area contributed by atoms with Crippen LogP contribution in [0, 0.1) is 20.2 Å². The highest BCUT2D eigenvalue weighted by Crippen LogP contribution is 2.42. The first kappa shape index (κ1) is 14.4. The van der Waals surface area contributed by atoms with Crippen LogP contribution in [0.25, 0.3) is 0 Å². The number of likely N-dealkylation sites (N-methyl/N-ethyl adjacent to an activating group) is 1. The Hall–Kier alpha value is -2.03. The van der Waals surface area contributed by atoms with Crippen molar-refractivity contribution in [3.05, 3.63) is 31.9 Å². The van der Waals surface area contributed by atoms with Crippen LogP contribution in [0.15, 0.2) is 11.6 Å². The van der Waals surface area contributed by atoms with Gasteiger partial charge in [0.25, 0.3) is 5.54 Å². The van der Waals surface area contributed by atoms with Gasteiger partial charge in [-0.05, 0) is 6.54 Å². The van der Waals surface area contributed by atoms with E-state index in [-0.39, 0.29) is 31.5 Å². The van der Waals surface area contributed by atoms with Gasteiger partial charge in [-0.15, -0.1) is 0 Å². The number of rotatable bonds is 4. The van der Waals surface area contributed by atoms with Gasteiger partial charge in [-0.3, -0.25) is 29.9 Å². The van der Waals surface area contributed by atoms with Crippen molar-refractivity contribution >= 4 is 5.91 Å². The minimum atomic E-state index is -1.61. The van der Waals surface area contributed by atoms with Crippen molar-refractivity contribution in [1.29, 1.82) is 0 Å². The summed E-state index contributed by atoms with van der Waals surface area (Å²) in [4.78, 5) is 34.9. The summed E-state index contributed by atoms with van der Waals surface area (Å²) >= 11 is 0. The molecule has 110 valence electrons. The van der Waals surface area contributed by atoms with Crippen molar-refractivity contribution in [2.45, 2.75) is 30.8 Å². The molecule has 1 aliphatic carbocycles. The van der Waals surface area contributed by atoms with Crippen LogP contribution in [-0.2, 0) is 4.79 Å². The van der Waals surface area contributed by atoms with E-state index in [1.54, 1.807) is 11.8 Å². The standard InChI is InChI=1S/C11H16N4O5/c1-2-13-6-10(14(17)18)3-8(9(12)16)4-11(5-10,7-13)15(19)20/h3H,2,4-7H2,1H3,(H2,12,16). The van der Waals surface area contributed by atoms with Crippen LogP contribution in [-0.4, -0.2) is 51.4 Å². The maximum absolute atomic E-state index is 11.5. The van der Waals surface area contributed by atoms with Crippen LogP contribution in [0.2, 0.25) is 0 Å². The summed E-state index contributed by atoms with van der Waals surface area (Å²) in [5, 5.41) is 22.9. The van der Waals surface area contributed by atoms with Crippen LogP contribution in [0.1, 0.15) is 19.8 Å². The third-order valence-electron chi connectivity index (χ3n) is 4.13. The van der Waals surface area contributed by atoms with Crippen LogP contribution in [0.4, 0.5) is 0 Å². The van der Waals surface area contributed by atoms with Crippen molar-refractivity contribution in [3.8, 4) is 0 Å². The monoisotopic (exact) mass is 284 g/mol. The lowest BCUT2D eigenvalue weighted by Gasteiger charge is -2.44. The second-order valence-corrected chi connectivity index (χ2v) is 5.53. The average molecular weight is 284 g/mol. The molecule has 2 bridgehead atoms. The van der Waals surface area contributed by atoms with Crippen LogP contribution in [0.5, 0.6) is 0 Å². The Balaban J connectivity index is 2.57. The van der Waals surface area contributed by atoms with Crippen LogP contribution >= 0.6 is 0 Å². The van der Waals surface area contributed by atoms with Gasteiger partial charge in [0.15, 0.2) is 0 Å². The van der Waals surface area contributed by atoms with Crippen molar-refractivity contribution < 1.29 is 14.6 Å². The van der Waals surface area contributed by atoms with Gasteiger partial charge in [0.2, 0.25) is 11.4 Å². The number of amides is 1. The zero-order chi connectivity index (χ0) is 15.1. The van der Waals surface area contributed by atoms with Gasteiger partial charge in [-0.2, -0.15) is 0 Å². The fourth-order valence-corrected chi connectivity index (χ4v) is 3.23. The number of nitrogens with two attached hydrogens (primary N) is 1. The Kier molecular flexibility index (Phi) is 3.24. The van der Waals surface area contributed by atoms with E-state index < -0.39 is 26.8 Å². The van der Waals surface area contributed by atoms with E-state index in [2.05, 4.69) is 0 Å². The van der Waals surface area contributed by atoms with Gasteiger partial charge in [0, 0.05) is 21.5 Å². The largest absolute Gasteiger partial charge is 0.366 e.